The van der Waals surface area contributed by atoms with E-state index in [1.165, 1.54) is 10.8 Å². The van der Waals surface area contributed by atoms with Crippen molar-refractivity contribution in [1.82, 2.24) is 9.55 Å². The lowest BCUT2D eigenvalue weighted by atomic mass is 10.3. The van der Waals surface area contributed by atoms with Crippen LogP contribution in [0.5, 0.6) is 11.6 Å². The Bertz CT molecular complexity index is 610. The van der Waals surface area contributed by atoms with E-state index in [2.05, 4.69) is 20.9 Å². The van der Waals surface area contributed by atoms with Crippen LogP contribution in [-0.2, 0) is 7.05 Å². The zero-order valence-electron chi connectivity index (χ0n) is 9.05. The molecule has 0 saturated carbocycles. The molecule has 0 fully saturated rings. The number of halogens is 1. The van der Waals surface area contributed by atoms with Crippen molar-refractivity contribution < 1.29 is 4.74 Å². The molecule has 2 aromatic rings. The lowest BCUT2D eigenvalue weighted by Gasteiger charge is -2.08. The molecule has 1 aromatic carbocycles. The number of aryl methyl sites for hydroxylation is 1. The Morgan fingerprint density at radius 1 is 1.47 bits per heavy atom. The van der Waals surface area contributed by atoms with Crippen molar-refractivity contribution >= 4 is 21.6 Å². The molecule has 2 rings (SSSR count). The summed E-state index contributed by atoms with van der Waals surface area (Å²) in [6, 6.07) is 5.17. The number of nitrogens with two attached hydrogens (primary N) is 1. The lowest BCUT2D eigenvalue weighted by molar-refractivity contribution is 0.446. The topological polar surface area (TPSA) is 70.1 Å². The normalized spacial score (nSPS) is 10.2. The van der Waals surface area contributed by atoms with Gasteiger partial charge in [0.1, 0.15) is 5.75 Å². The second kappa shape index (κ2) is 4.58. The summed E-state index contributed by atoms with van der Waals surface area (Å²) in [4.78, 5) is 15.6. The second-order valence-corrected chi connectivity index (χ2v) is 4.20. The van der Waals surface area contributed by atoms with E-state index in [0.717, 1.165) is 0 Å². The van der Waals surface area contributed by atoms with Gasteiger partial charge in [0.25, 0.3) is 5.88 Å². The fourth-order valence-electron chi connectivity index (χ4n) is 1.26. The highest BCUT2D eigenvalue weighted by molar-refractivity contribution is 9.10. The minimum atomic E-state index is -0.304. The fraction of sp³-hybridized carbons (Fsp3) is 0.0909. The van der Waals surface area contributed by atoms with E-state index in [0.29, 0.717) is 15.9 Å². The number of ether oxygens (including phenoxy) is 1. The quantitative estimate of drug-likeness (QED) is 0.859. The SMILES string of the molecule is Cn1ccnc(Oc2cccc(N)c2Br)c1=O. The number of anilines is 1. The van der Waals surface area contributed by atoms with Crippen molar-refractivity contribution in [2.75, 3.05) is 5.73 Å². The number of rotatable bonds is 2. The summed E-state index contributed by atoms with van der Waals surface area (Å²) >= 11 is 3.29. The largest absolute Gasteiger partial charge is 0.433 e. The first kappa shape index (κ1) is 11.7. The number of hydrogen-bond donors (Lipinski definition) is 1. The first-order chi connectivity index (χ1) is 8.09. The molecule has 1 aromatic heterocycles. The average Bonchev–Trinajstić information content (AvgIpc) is 2.31. The summed E-state index contributed by atoms with van der Waals surface area (Å²) in [5, 5.41) is 0. The lowest BCUT2D eigenvalue weighted by Crippen LogP contribution is -2.18. The maximum Gasteiger partial charge on any atom is 0.313 e. The van der Waals surface area contributed by atoms with Gasteiger partial charge >= 0.3 is 5.56 Å². The summed E-state index contributed by atoms with van der Waals surface area (Å²) in [7, 11) is 1.63. The molecule has 0 spiro atoms. The van der Waals surface area contributed by atoms with Crippen LogP contribution in [0.4, 0.5) is 5.69 Å². The molecule has 0 aliphatic rings. The molecule has 0 bridgehead atoms. The van der Waals surface area contributed by atoms with E-state index < -0.39 is 0 Å². The van der Waals surface area contributed by atoms with Crippen LogP contribution in [0, 0.1) is 0 Å². The predicted octanol–water partition coefficient (Wildman–Crippen LogP) is 1.92. The fourth-order valence-corrected chi connectivity index (χ4v) is 1.60. The molecule has 17 heavy (non-hydrogen) atoms. The van der Waals surface area contributed by atoms with Crippen LogP contribution in [0.1, 0.15) is 0 Å². The standard InChI is InChI=1S/C11H10BrN3O2/c1-15-6-5-14-10(11(15)16)17-8-4-2-3-7(13)9(8)12/h2-6H,13H2,1H3. The van der Waals surface area contributed by atoms with E-state index >= 15 is 0 Å². The smallest absolute Gasteiger partial charge is 0.313 e. The van der Waals surface area contributed by atoms with E-state index in [9.17, 15) is 4.79 Å². The van der Waals surface area contributed by atoms with E-state index in [4.69, 9.17) is 10.5 Å². The van der Waals surface area contributed by atoms with Crippen molar-refractivity contribution in [3.63, 3.8) is 0 Å². The molecule has 0 unspecified atom stereocenters. The monoisotopic (exact) mass is 295 g/mol. The van der Waals surface area contributed by atoms with Gasteiger partial charge in [0.2, 0.25) is 0 Å². The maximum absolute atomic E-state index is 11.7. The Hall–Kier alpha value is -1.82. The molecular formula is C11H10BrN3O2. The minimum absolute atomic E-state index is 0.0151. The summed E-state index contributed by atoms with van der Waals surface area (Å²) in [5.41, 5.74) is 5.95. The number of nitrogen functional groups attached to an aromatic ring is 1. The number of nitrogens with zero attached hydrogens (tertiary/aromatic N) is 2. The van der Waals surface area contributed by atoms with Crippen LogP contribution in [0.3, 0.4) is 0 Å². The Morgan fingerprint density at radius 2 is 2.24 bits per heavy atom. The Kier molecular flexibility index (Phi) is 3.14. The van der Waals surface area contributed by atoms with Crippen LogP contribution in [-0.4, -0.2) is 9.55 Å². The molecule has 0 amide bonds. The minimum Gasteiger partial charge on any atom is -0.433 e. The molecule has 0 atom stereocenters. The van der Waals surface area contributed by atoms with Crippen LogP contribution in [0.25, 0.3) is 0 Å². The molecular weight excluding hydrogens is 286 g/mol. The van der Waals surface area contributed by atoms with Gasteiger partial charge in [-0.05, 0) is 28.1 Å². The predicted molar refractivity (Wildman–Crippen MR) is 68.1 cm³/mol. The van der Waals surface area contributed by atoms with E-state index in [1.807, 2.05) is 0 Å². The Labute approximate surface area is 106 Å². The zero-order valence-corrected chi connectivity index (χ0v) is 10.6. The van der Waals surface area contributed by atoms with Crippen LogP contribution >= 0.6 is 15.9 Å². The second-order valence-electron chi connectivity index (χ2n) is 3.41. The van der Waals surface area contributed by atoms with E-state index in [1.54, 1.807) is 31.4 Å². The van der Waals surface area contributed by atoms with Gasteiger partial charge in [0.15, 0.2) is 0 Å². The first-order valence-corrected chi connectivity index (χ1v) is 5.62. The van der Waals surface area contributed by atoms with Gasteiger partial charge < -0.3 is 15.0 Å². The van der Waals surface area contributed by atoms with Gasteiger partial charge in [0.05, 0.1) is 4.47 Å². The molecule has 88 valence electrons. The maximum atomic E-state index is 11.7. The Balaban J connectivity index is 2.42. The van der Waals surface area contributed by atoms with Gasteiger partial charge in [-0.1, -0.05) is 6.07 Å². The summed E-state index contributed by atoms with van der Waals surface area (Å²) in [6.45, 7) is 0. The third-order valence-corrected chi connectivity index (χ3v) is 3.03. The third-order valence-electron chi connectivity index (χ3n) is 2.19. The molecule has 0 aliphatic heterocycles. The summed E-state index contributed by atoms with van der Waals surface area (Å²) < 4.78 is 7.43. The van der Waals surface area contributed by atoms with Gasteiger partial charge in [0, 0.05) is 25.1 Å². The number of benzene rings is 1. The highest BCUT2D eigenvalue weighted by atomic mass is 79.9. The van der Waals surface area contributed by atoms with Crippen LogP contribution < -0.4 is 16.0 Å². The molecule has 2 N–H and O–H groups in total. The third kappa shape index (κ3) is 2.31. The molecule has 0 saturated heterocycles. The van der Waals surface area contributed by atoms with Crippen molar-refractivity contribution in [1.29, 1.82) is 0 Å². The highest BCUT2D eigenvalue weighted by Gasteiger charge is 2.09. The van der Waals surface area contributed by atoms with Crippen LogP contribution in [0.15, 0.2) is 39.9 Å². The zero-order chi connectivity index (χ0) is 12.4. The molecule has 5 nitrogen and oxygen atoms in total. The number of hydrogen-bond acceptors (Lipinski definition) is 4. The first-order valence-electron chi connectivity index (χ1n) is 4.83. The molecule has 0 radical (unpaired) electrons. The summed E-state index contributed by atoms with van der Waals surface area (Å²) in [5.74, 6) is 0.474. The average molecular weight is 296 g/mol. The summed E-state index contributed by atoms with van der Waals surface area (Å²) in [6.07, 6.45) is 3.06. The van der Waals surface area contributed by atoms with Gasteiger partial charge in [-0.2, -0.15) is 0 Å². The highest BCUT2D eigenvalue weighted by Crippen LogP contribution is 2.32. The van der Waals surface area contributed by atoms with E-state index in [-0.39, 0.29) is 11.4 Å². The van der Waals surface area contributed by atoms with Crippen LogP contribution in [0.2, 0.25) is 0 Å². The van der Waals surface area contributed by atoms with Gasteiger partial charge in [-0.25, -0.2) is 4.98 Å². The number of aromatic nitrogens is 2. The molecule has 0 aliphatic carbocycles. The molecule has 1 heterocycles. The van der Waals surface area contributed by atoms with Gasteiger partial charge in [-0.3, -0.25) is 4.79 Å². The van der Waals surface area contributed by atoms with Crippen molar-refractivity contribution in [2.24, 2.45) is 7.05 Å². The van der Waals surface area contributed by atoms with Crippen molar-refractivity contribution in [3.05, 3.63) is 45.4 Å². The molecule has 6 heteroatoms. The van der Waals surface area contributed by atoms with Crippen molar-refractivity contribution in [2.45, 2.75) is 0 Å². The van der Waals surface area contributed by atoms with Crippen molar-refractivity contribution in [3.8, 4) is 11.6 Å². The van der Waals surface area contributed by atoms with Gasteiger partial charge in [-0.15, -0.1) is 0 Å². The Morgan fingerprint density at radius 3 is 3.00 bits per heavy atom.